The number of hydrogen-bond acceptors (Lipinski definition) is 6. The largest absolute Gasteiger partial charge is 0.399 e. The Kier molecular flexibility index (Phi) is 2.91. The molecule has 0 aliphatic heterocycles. The predicted molar refractivity (Wildman–Crippen MR) is 62.9 cm³/mol. The summed E-state index contributed by atoms with van der Waals surface area (Å²) in [7, 11) is -3.89. The van der Waals surface area contributed by atoms with Crippen LogP contribution in [0.3, 0.4) is 0 Å². The maximum atomic E-state index is 12.0. The first kappa shape index (κ1) is 11.9. The number of benzene rings is 1. The van der Waals surface area contributed by atoms with Crippen molar-refractivity contribution in [2.24, 2.45) is 0 Å². The SMILES string of the molecule is N#Cc1cc(N)ccc1S(=O)(=O)Nc1ccon1. The standard InChI is InChI=1S/C10H8N4O3S/c11-6-7-5-8(12)1-2-9(7)18(15,16)14-10-3-4-17-13-10/h1-5H,12H2,(H,13,14). The first-order chi connectivity index (χ1) is 8.53. The van der Waals surface area contributed by atoms with Crippen LogP contribution in [0.1, 0.15) is 5.56 Å². The van der Waals surface area contributed by atoms with E-state index in [-0.39, 0.29) is 16.3 Å². The van der Waals surface area contributed by atoms with Crippen LogP contribution in [0.15, 0.2) is 39.9 Å². The van der Waals surface area contributed by atoms with Gasteiger partial charge in [0.25, 0.3) is 10.0 Å². The fourth-order valence-electron chi connectivity index (χ4n) is 1.33. The average molecular weight is 264 g/mol. The molecule has 0 amide bonds. The van der Waals surface area contributed by atoms with Gasteiger partial charge in [0.05, 0.1) is 5.56 Å². The fraction of sp³-hybridized carbons (Fsp3) is 0. The third kappa shape index (κ3) is 2.26. The van der Waals surface area contributed by atoms with Crippen molar-refractivity contribution in [2.45, 2.75) is 4.90 Å². The maximum absolute atomic E-state index is 12.0. The molecule has 0 fully saturated rings. The lowest BCUT2D eigenvalue weighted by atomic mass is 10.2. The molecule has 1 heterocycles. The smallest absolute Gasteiger partial charge is 0.264 e. The minimum absolute atomic E-state index is 0.0361. The van der Waals surface area contributed by atoms with Crippen molar-refractivity contribution >= 4 is 21.5 Å². The minimum atomic E-state index is -3.89. The molecular formula is C10H8N4O3S. The lowest BCUT2D eigenvalue weighted by molar-refractivity contribution is 0.423. The summed E-state index contributed by atoms with van der Waals surface area (Å²) in [4.78, 5) is -0.165. The van der Waals surface area contributed by atoms with E-state index >= 15 is 0 Å². The summed E-state index contributed by atoms with van der Waals surface area (Å²) in [5.41, 5.74) is 5.76. The van der Waals surface area contributed by atoms with Crippen molar-refractivity contribution in [1.29, 1.82) is 5.26 Å². The molecule has 0 radical (unpaired) electrons. The van der Waals surface area contributed by atoms with E-state index in [0.717, 1.165) is 0 Å². The Morgan fingerprint density at radius 2 is 2.17 bits per heavy atom. The molecule has 0 saturated carbocycles. The highest BCUT2D eigenvalue weighted by Crippen LogP contribution is 2.20. The Hall–Kier alpha value is -2.53. The van der Waals surface area contributed by atoms with Gasteiger partial charge in [0.1, 0.15) is 17.2 Å². The molecule has 0 atom stereocenters. The van der Waals surface area contributed by atoms with Crippen LogP contribution in [0.5, 0.6) is 0 Å². The van der Waals surface area contributed by atoms with Crippen LogP contribution in [0.2, 0.25) is 0 Å². The Morgan fingerprint density at radius 3 is 2.78 bits per heavy atom. The van der Waals surface area contributed by atoms with Gasteiger partial charge in [-0.3, -0.25) is 4.72 Å². The Bertz CT molecular complexity index is 701. The monoisotopic (exact) mass is 264 g/mol. The molecule has 2 rings (SSSR count). The van der Waals surface area contributed by atoms with Gasteiger partial charge in [-0.05, 0) is 18.2 Å². The molecule has 1 aromatic heterocycles. The van der Waals surface area contributed by atoms with Crippen LogP contribution >= 0.6 is 0 Å². The summed E-state index contributed by atoms with van der Waals surface area (Å²) < 4.78 is 30.7. The highest BCUT2D eigenvalue weighted by Gasteiger charge is 2.19. The fourth-order valence-corrected chi connectivity index (χ4v) is 2.46. The molecule has 2 aromatic rings. The predicted octanol–water partition coefficient (Wildman–Crippen LogP) is 0.929. The van der Waals surface area contributed by atoms with E-state index < -0.39 is 10.0 Å². The van der Waals surface area contributed by atoms with Gasteiger partial charge in [0.15, 0.2) is 5.82 Å². The van der Waals surface area contributed by atoms with Crippen molar-refractivity contribution in [1.82, 2.24) is 5.16 Å². The minimum Gasteiger partial charge on any atom is -0.399 e. The zero-order valence-corrected chi connectivity index (χ0v) is 9.81. The third-order valence-electron chi connectivity index (χ3n) is 2.09. The van der Waals surface area contributed by atoms with Crippen LogP contribution < -0.4 is 10.5 Å². The molecule has 0 saturated heterocycles. The molecule has 8 heteroatoms. The second-order valence-electron chi connectivity index (χ2n) is 3.36. The first-order valence-electron chi connectivity index (χ1n) is 4.76. The van der Waals surface area contributed by atoms with Crippen LogP contribution in [-0.2, 0) is 10.0 Å². The number of nitrogens with one attached hydrogen (secondary N) is 1. The number of anilines is 2. The molecule has 0 aliphatic carbocycles. The van der Waals surface area contributed by atoms with Gasteiger partial charge in [0.2, 0.25) is 0 Å². The van der Waals surface area contributed by atoms with Crippen LogP contribution in [0.25, 0.3) is 0 Å². The van der Waals surface area contributed by atoms with E-state index in [0.29, 0.717) is 5.69 Å². The quantitative estimate of drug-likeness (QED) is 0.795. The number of hydrogen-bond donors (Lipinski definition) is 2. The summed E-state index contributed by atoms with van der Waals surface area (Å²) in [5, 5.41) is 12.3. The number of aromatic nitrogens is 1. The molecule has 7 nitrogen and oxygen atoms in total. The summed E-state index contributed by atoms with van der Waals surface area (Å²) in [5.74, 6) is 0.0377. The van der Waals surface area contributed by atoms with Gasteiger partial charge in [-0.15, -0.1) is 0 Å². The highest BCUT2D eigenvalue weighted by molar-refractivity contribution is 7.92. The van der Waals surface area contributed by atoms with Gasteiger partial charge in [-0.2, -0.15) is 5.26 Å². The molecule has 92 valence electrons. The van der Waals surface area contributed by atoms with E-state index in [1.165, 1.54) is 30.5 Å². The molecule has 0 aliphatic rings. The van der Waals surface area contributed by atoms with E-state index in [2.05, 4.69) is 14.4 Å². The van der Waals surface area contributed by atoms with Crippen LogP contribution in [-0.4, -0.2) is 13.6 Å². The molecule has 3 N–H and O–H groups in total. The zero-order valence-electron chi connectivity index (χ0n) is 8.99. The van der Waals surface area contributed by atoms with Gasteiger partial charge < -0.3 is 10.3 Å². The van der Waals surface area contributed by atoms with Gasteiger partial charge in [0, 0.05) is 11.8 Å². The normalized spacial score (nSPS) is 10.8. The number of nitrogens with two attached hydrogens (primary N) is 1. The van der Waals surface area contributed by atoms with Gasteiger partial charge in [-0.25, -0.2) is 8.42 Å². The van der Waals surface area contributed by atoms with Gasteiger partial charge >= 0.3 is 0 Å². The number of nitriles is 1. The number of nitrogen functional groups attached to an aromatic ring is 1. The molecule has 0 spiro atoms. The zero-order chi connectivity index (χ0) is 13.2. The van der Waals surface area contributed by atoms with Crippen LogP contribution in [0, 0.1) is 11.3 Å². The van der Waals surface area contributed by atoms with E-state index in [1.807, 2.05) is 0 Å². The topological polar surface area (TPSA) is 122 Å². The Balaban J connectivity index is 2.45. The maximum Gasteiger partial charge on any atom is 0.264 e. The molecule has 0 unspecified atom stereocenters. The Morgan fingerprint density at radius 1 is 1.39 bits per heavy atom. The molecule has 1 aromatic carbocycles. The molecule has 18 heavy (non-hydrogen) atoms. The van der Waals surface area contributed by atoms with E-state index in [1.54, 1.807) is 6.07 Å². The van der Waals surface area contributed by atoms with Gasteiger partial charge in [-0.1, -0.05) is 5.16 Å². The highest BCUT2D eigenvalue weighted by atomic mass is 32.2. The summed E-state index contributed by atoms with van der Waals surface area (Å²) >= 11 is 0. The Labute approximate surface area is 103 Å². The van der Waals surface area contributed by atoms with E-state index in [4.69, 9.17) is 11.0 Å². The van der Waals surface area contributed by atoms with Crippen molar-refractivity contribution in [2.75, 3.05) is 10.5 Å². The lowest BCUT2D eigenvalue weighted by Crippen LogP contribution is -2.14. The molecule has 0 bridgehead atoms. The lowest BCUT2D eigenvalue weighted by Gasteiger charge is -2.07. The van der Waals surface area contributed by atoms with Crippen LogP contribution in [0.4, 0.5) is 11.5 Å². The number of rotatable bonds is 3. The molecular weight excluding hydrogens is 256 g/mol. The number of sulfonamides is 1. The van der Waals surface area contributed by atoms with Crippen molar-refractivity contribution < 1.29 is 12.9 Å². The summed E-state index contributed by atoms with van der Waals surface area (Å²) in [6, 6.07) is 7.08. The average Bonchev–Trinajstić information content (AvgIpc) is 2.80. The second-order valence-corrected chi connectivity index (χ2v) is 5.01. The van der Waals surface area contributed by atoms with E-state index in [9.17, 15) is 8.42 Å². The van der Waals surface area contributed by atoms with Crippen molar-refractivity contribution in [3.63, 3.8) is 0 Å². The third-order valence-corrected chi connectivity index (χ3v) is 3.50. The summed E-state index contributed by atoms with van der Waals surface area (Å²) in [6.45, 7) is 0. The first-order valence-corrected chi connectivity index (χ1v) is 6.24. The van der Waals surface area contributed by atoms with Crippen molar-refractivity contribution in [3.8, 4) is 6.07 Å². The second kappa shape index (κ2) is 4.38. The number of nitrogens with zero attached hydrogens (tertiary/aromatic N) is 2. The van der Waals surface area contributed by atoms with Crippen molar-refractivity contribution in [3.05, 3.63) is 36.1 Å². The summed E-state index contributed by atoms with van der Waals surface area (Å²) in [6.07, 6.45) is 1.23.